The Bertz CT molecular complexity index is 785. The van der Waals surface area contributed by atoms with Crippen LogP contribution in [0.5, 0.6) is 0 Å². The van der Waals surface area contributed by atoms with Crippen molar-refractivity contribution in [2.75, 3.05) is 0 Å². The second-order valence-corrected chi connectivity index (χ2v) is 5.26. The summed E-state index contributed by atoms with van der Waals surface area (Å²) < 4.78 is 14.0. The van der Waals surface area contributed by atoms with Gasteiger partial charge in [-0.3, -0.25) is 4.98 Å². The van der Waals surface area contributed by atoms with Crippen LogP contribution in [0, 0.1) is 5.82 Å². The van der Waals surface area contributed by atoms with Crippen molar-refractivity contribution < 1.29 is 9.50 Å². The molecule has 1 heterocycles. The maximum Gasteiger partial charge on any atom is 0.147 e. The van der Waals surface area contributed by atoms with Crippen LogP contribution in [0.1, 0.15) is 17.2 Å². The van der Waals surface area contributed by atoms with Gasteiger partial charge in [-0.1, -0.05) is 41.9 Å². The van der Waals surface area contributed by atoms with Crippen LogP contribution in [0.4, 0.5) is 4.39 Å². The van der Waals surface area contributed by atoms with Gasteiger partial charge in [-0.15, -0.1) is 0 Å². The van der Waals surface area contributed by atoms with E-state index in [1.165, 1.54) is 6.07 Å². The third-order valence-electron chi connectivity index (χ3n) is 3.49. The third-order valence-corrected chi connectivity index (χ3v) is 3.78. The first-order chi connectivity index (χ1) is 10.2. The van der Waals surface area contributed by atoms with Gasteiger partial charge in [0.1, 0.15) is 5.82 Å². The average molecular weight is 302 g/mol. The van der Waals surface area contributed by atoms with Crippen molar-refractivity contribution in [3.63, 3.8) is 0 Å². The lowest BCUT2D eigenvalue weighted by atomic mass is 9.98. The standard InChI is InChI=1S/C17H13ClFNO/c18-14-6-3-5-13(17(14)19)16(21)10-11-8-9-20-15-7-2-1-4-12(11)15/h1-9,16,21H,10H2. The number of hydrogen-bond acceptors (Lipinski definition) is 2. The summed E-state index contributed by atoms with van der Waals surface area (Å²) in [5.41, 5.74) is 1.99. The van der Waals surface area contributed by atoms with Crippen LogP contribution < -0.4 is 0 Å². The highest BCUT2D eigenvalue weighted by molar-refractivity contribution is 6.30. The minimum atomic E-state index is -0.950. The van der Waals surface area contributed by atoms with E-state index in [2.05, 4.69) is 4.98 Å². The summed E-state index contributed by atoms with van der Waals surface area (Å²) in [6, 6.07) is 14.2. The Morgan fingerprint density at radius 1 is 1.10 bits per heavy atom. The van der Waals surface area contributed by atoms with E-state index in [1.807, 2.05) is 30.3 Å². The summed E-state index contributed by atoms with van der Waals surface area (Å²) >= 11 is 5.76. The van der Waals surface area contributed by atoms with Crippen molar-refractivity contribution in [1.82, 2.24) is 4.98 Å². The monoisotopic (exact) mass is 301 g/mol. The molecule has 0 fully saturated rings. The van der Waals surface area contributed by atoms with E-state index in [1.54, 1.807) is 18.3 Å². The number of aliphatic hydroxyl groups excluding tert-OH is 1. The number of halogens is 2. The Kier molecular flexibility index (Phi) is 3.86. The van der Waals surface area contributed by atoms with Gasteiger partial charge in [0.05, 0.1) is 16.6 Å². The van der Waals surface area contributed by atoms with E-state index in [-0.39, 0.29) is 10.6 Å². The number of aliphatic hydroxyl groups is 1. The molecule has 0 saturated heterocycles. The molecule has 0 bridgehead atoms. The van der Waals surface area contributed by atoms with E-state index in [4.69, 9.17) is 11.6 Å². The predicted molar refractivity (Wildman–Crippen MR) is 81.8 cm³/mol. The molecular formula is C17H13ClFNO. The van der Waals surface area contributed by atoms with Gasteiger partial charge in [0, 0.05) is 23.6 Å². The second-order valence-electron chi connectivity index (χ2n) is 4.85. The van der Waals surface area contributed by atoms with Crippen molar-refractivity contribution >= 4 is 22.5 Å². The molecule has 2 aromatic carbocycles. The first-order valence-electron chi connectivity index (χ1n) is 6.61. The van der Waals surface area contributed by atoms with Crippen LogP contribution in [-0.4, -0.2) is 10.1 Å². The fourth-order valence-electron chi connectivity index (χ4n) is 2.43. The van der Waals surface area contributed by atoms with Crippen molar-refractivity contribution in [1.29, 1.82) is 0 Å². The number of benzene rings is 2. The molecule has 1 unspecified atom stereocenters. The minimum absolute atomic E-state index is 0.0196. The highest BCUT2D eigenvalue weighted by atomic mass is 35.5. The Balaban J connectivity index is 1.97. The lowest BCUT2D eigenvalue weighted by molar-refractivity contribution is 0.174. The molecule has 0 aliphatic carbocycles. The number of para-hydroxylation sites is 1. The minimum Gasteiger partial charge on any atom is -0.388 e. The molecule has 0 aliphatic heterocycles. The molecule has 1 aromatic heterocycles. The molecule has 106 valence electrons. The van der Waals surface area contributed by atoms with Crippen LogP contribution in [-0.2, 0) is 6.42 Å². The SMILES string of the molecule is OC(Cc1ccnc2ccccc12)c1cccc(Cl)c1F. The summed E-state index contributed by atoms with van der Waals surface area (Å²) in [6.07, 6.45) is 1.05. The Morgan fingerprint density at radius 3 is 2.76 bits per heavy atom. The predicted octanol–water partition coefficient (Wildman–Crippen LogP) is 4.30. The maximum absolute atomic E-state index is 14.0. The van der Waals surface area contributed by atoms with Gasteiger partial charge in [-0.05, 0) is 23.8 Å². The normalized spacial score (nSPS) is 12.5. The topological polar surface area (TPSA) is 33.1 Å². The molecule has 3 aromatic rings. The van der Waals surface area contributed by atoms with Crippen LogP contribution in [0.3, 0.4) is 0 Å². The summed E-state index contributed by atoms with van der Waals surface area (Å²) in [7, 11) is 0. The van der Waals surface area contributed by atoms with Gasteiger partial charge in [0.2, 0.25) is 0 Å². The van der Waals surface area contributed by atoms with Gasteiger partial charge in [0.25, 0.3) is 0 Å². The molecule has 4 heteroatoms. The molecule has 0 saturated carbocycles. The Hall–Kier alpha value is -1.97. The molecule has 0 aliphatic rings. The first-order valence-corrected chi connectivity index (χ1v) is 6.99. The molecule has 0 amide bonds. The Morgan fingerprint density at radius 2 is 1.90 bits per heavy atom. The highest BCUT2D eigenvalue weighted by Crippen LogP contribution is 2.27. The van der Waals surface area contributed by atoms with Gasteiger partial charge >= 0.3 is 0 Å². The molecule has 2 nitrogen and oxygen atoms in total. The van der Waals surface area contributed by atoms with Crippen LogP contribution in [0.15, 0.2) is 54.7 Å². The third kappa shape index (κ3) is 2.75. The number of nitrogens with zero attached hydrogens (tertiary/aromatic N) is 1. The molecular weight excluding hydrogens is 289 g/mol. The molecule has 3 rings (SSSR count). The smallest absolute Gasteiger partial charge is 0.147 e. The van der Waals surface area contributed by atoms with Gasteiger partial charge in [-0.2, -0.15) is 0 Å². The van der Waals surface area contributed by atoms with Crippen molar-refractivity contribution in [3.8, 4) is 0 Å². The fraction of sp³-hybridized carbons (Fsp3) is 0.118. The van der Waals surface area contributed by atoms with Crippen LogP contribution in [0.2, 0.25) is 5.02 Å². The zero-order chi connectivity index (χ0) is 14.8. The number of fused-ring (bicyclic) bond motifs is 1. The maximum atomic E-state index is 14.0. The quantitative estimate of drug-likeness (QED) is 0.782. The summed E-state index contributed by atoms with van der Waals surface area (Å²) in [6.45, 7) is 0. The lowest BCUT2D eigenvalue weighted by Crippen LogP contribution is -2.05. The van der Waals surface area contributed by atoms with Crippen LogP contribution >= 0.6 is 11.6 Å². The van der Waals surface area contributed by atoms with E-state index in [0.717, 1.165) is 16.5 Å². The zero-order valence-electron chi connectivity index (χ0n) is 11.1. The number of pyridine rings is 1. The van der Waals surface area contributed by atoms with Gasteiger partial charge in [0.15, 0.2) is 0 Å². The average Bonchev–Trinajstić information content (AvgIpc) is 2.50. The van der Waals surface area contributed by atoms with Crippen LogP contribution in [0.25, 0.3) is 10.9 Å². The largest absolute Gasteiger partial charge is 0.388 e. The summed E-state index contributed by atoms with van der Waals surface area (Å²) in [5, 5.41) is 11.3. The van der Waals surface area contributed by atoms with E-state index in [0.29, 0.717) is 6.42 Å². The Labute approximate surface area is 126 Å². The first kappa shape index (κ1) is 14.0. The molecule has 0 spiro atoms. The lowest BCUT2D eigenvalue weighted by Gasteiger charge is -2.14. The van der Waals surface area contributed by atoms with Gasteiger partial charge < -0.3 is 5.11 Å². The summed E-state index contributed by atoms with van der Waals surface area (Å²) in [4.78, 5) is 4.28. The van der Waals surface area contributed by atoms with Crippen molar-refractivity contribution in [2.45, 2.75) is 12.5 Å². The highest BCUT2D eigenvalue weighted by Gasteiger charge is 2.16. The van der Waals surface area contributed by atoms with Gasteiger partial charge in [-0.25, -0.2) is 4.39 Å². The molecule has 21 heavy (non-hydrogen) atoms. The van der Waals surface area contributed by atoms with Crippen molar-refractivity contribution in [2.24, 2.45) is 0 Å². The van der Waals surface area contributed by atoms with E-state index < -0.39 is 11.9 Å². The fourth-order valence-corrected chi connectivity index (χ4v) is 2.61. The van der Waals surface area contributed by atoms with E-state index in [9.17, 15) is 9.50 Å². The number of rotatable bonds is 3. The summed E-state index contributed by atoms with van der Waals surface area (Å²) in [5.74, 6) is -0.565. The molecule has 1 N–H and O–H groups in total. The second kappa shape index (κ2) is 5.80. The zero-order valence-corrected chi connectivity index (χ0v) is 11.9. The number of aromatic nitrogens is 1. The van der Waals surface area contributed by atoms with E-state index >= 15 is 0 Å². The molecule has 1 atom stereocenters. The number of hydrogen-bond donors (Lipinski definition) is 1. The molecule has 0 radical (unpaired) electrons. The van der Waals surface area contributed by atoms with Crippen molar-refractivity contribution in [3.05, 3.63) is 76.7 Å².